The molecule has 0 bridgehead atoms. The molecule has 3 nitrogen and oxygen atoms in total. The molecule has 1 aromatic carbocycles. The van der Waals surface area contributed by atoms with Crippen molar-refractivity contribution in [2.45, 2.75) is 32.5 Å². The number of halogens is 4. The van der Waals surface area contributed by atoms with Gasteiger partial charge in [-0.2, -0.15) is 13.2 Å². The molecule has 0 N–H and O–H groups in total. The smallest absolute Gasteiger partial charge is 0.430 e. The van der Waals surface area contributed by atoms with E-state index in [2.05, 4.69) is 0 Å². The van der Waals surface area contributed by atoms with E-state index in [4.69, 9.17) is 21.1 Å². The highest BCUT2D eigenvalue weighted by atomic mass is 35.5. The molecule has 7 heteroatoms. The maximum Gasteiger partial charge on any atom is 0.430 e. The number of hydrogen-bond donors (Lipinski definition) is 0. The Morgan fingerprint density at radius 2 is 2.05 bits per heavy atom. The summed E-state index contributed by atoms with van der Waals surface area (Å²) >= 11 is 5.90. The average Bonchev–Trinajstić information content (AvgIpc) is 2.44. The van der Waals surface area contributed by atoms with Crippen molar-refractivity contribution in [1.29, 1.82) is 0 Å². The minimum atomic E-state index is -4.72. The summed E-state index contributed by atoms with van der Waals surface area (Å²) < 4.78 is 49.6. The van der Waals surface area contributed by atoms with Crippen molar-refractivity contribution in [2.24, 2.45) is 0 Å². The SMILES string of the molecule is CCOC(=O)C1=C(CC)c2cc(Cl)ccc2OC1C(F)(F)F. The number of carbonyl (C=O) groups excluding carboxylic acids is 1. The number of carbonyl (C=O) groups is 1. The molecular weight excluding hydrogens is 321 g/mol. The van der Waals surface area contributed by atoms with Gasteiger partial charge in [-0.1, -0.05) is 18.5 Å². The average molecular weight is 335 g/mol. The molecule has 0 amide bonds. The van der Waals surface area contributed by atoms with Crippen molar-refractivity contribution in [2.75, 3.05) is 6.61 Å². The number of allylic oxidation sites excluding steroid dienone is 1. The van der Waals surface area contributed by atoms with Crippen LogP contribution < -0.4 is 4.74 Å². The molecule has 0 fully saturated rings. The standard InChI is InChI=1S/C15H14ClF3O3/c1-3-9-10-7-8(16)5-6-11(10)22-13(15(17,18)19)12(9)14(20)21-4-2/h5-7,13H,3-4H2,1-2H3. The minimum absolute atomic E-state index is 0.0215. The van der Waals surface area contributed by atoms with Crippen LogP contribution in [0.1, 0.15) is 25.8 Å². The van der Waals surface area contributed by atoms with Gasteiger partial charge in [0.15, 0.2) is 0 Å². The van der Waals surface area contributed by atoms with Gasteiger partial charge in [0.05, 0.1) is 12.2 Å². The molecule has 1 aromatic rings. The third kappa shape index (κ3) is 3.06. The fourth-order valence-electron chi connectivity index (χ4n) is 2.38. The Balaban J connectivity index is 2.67. The molecule has 120 valence electrons. The second-order valence-corrected chi connectivity index (χ2v) is 5.08. The van der Waals surface area contributed by atoms with E-state index in [1.807, 2.05) is 0 Å². The van der Waals surface area contributed by atoms with Crippen molar-refractivity contribution in [1.82, 2.24) is 0 Å². The van der Waals surface area contributed by atoms with Crippen LogP contribution in [0.15, 0.2) is 23.8 Å². The normalized spacial score (nSPS) is 17.8. The Morgan fingerprint density at radius 3 is 2.59 bits per heavy atom. The zero-order valence-corrected chi connectivity index (χ0v) is 12.7. The summed E-state index contributed by atoms with van der Waals surface area (Å²) in [5.74, 6) is -0.969. The molecule has 0 aliphatic carbocycles. The first-order chi connectivity index (χ1) is 10.3. The quantitative estimate of drug-likeness (QED) is 0.769. The van der Waals surface area contributed by atoms with Crippen molar-refractivity contribution in [3.8, 4) is 5.75 Å². The van der Waals surface area contributed by atoms with Gasteiger partial charge in [-0.15, -0.1) is 0 Å². The molecule has 1 aliphatic rings. The summed E-state index contributed by atoms with van der Waals surface area (Å²) in [6.45, 7) is 3.17. The van der Waals surface area contributed by atoms with Gasteiger partial charge in [-0.3, -0.25) is 0 Å². The first-order valence-electron chi connectivity index (χ1n) is 6.73. The number of benzene rings is 1. The van der Waals surface area contributed by atoms with Gasteiger partial charge in [-0.25, -0.2) is 4.79 Å². The van der Waals surface area contributed by atoms with Gasteiger partial charge >= 0.3 is 12.1 Å². The minimum Gasteiger partial charge on any atom is -0.475 e. The van der Waals surface area contributed by atoms with Crippen LogP contribution in [0.4, 0.5) is 13.2 Å². The Bertz CT molecular complexity index is 623. The Kier molecular flexibility index (Phi) is 4.70. The second kappa shape index (κ2) is 6.20. The number of fused-ring (bicyclic) bond motifs is 1. The van der Waals surface area contributed by atoms with E-state index in [9.17, 15) is 18.0 Å². The monoisotopic (exact) mass is 334 g/mol. The van der Waals surface area contributed by atoms with E-state index >= 15 is 0 Å². The molecule has 0 aromatic heterocycles. The van der Waals surface area contributed by atoms with Crippen LogP contribution in [-0.2, 0) is 9.53 Å². The molecule has 0 saturated heterocycles. The molecule has 1 heterocycles. The lowest BCUT2D eigenvalue weighted by molar-refractivity contribution is -0.188. The van der Waals surface area contributed by atoms with Gasteiger partial charge in [0.25, 0.3) is 0 Å². The van der Waals surface area contributed by atoms with Crippen LogP contribution in [0.5, 0.6) is 5.75 Å². The highest BCUT2D eigenvalue weighted by molar-refractivity contribution is 6.30. The van der Waals surface area contributed by atoms with Crippen molar-refractivity contribution in [3.05, 3.63) is 34.4 Å². The van der Waals surface area contributed by atoms with Crippen LogP contribution in [0, 0.1) is 0 Å². The van der Waals surface area contributed by atoms with E-state index in [0.717, 1.165) is 0 Å². The fraction of sp³-hybridized carbons (Fsp3) is 0.400. The van der Waals surface area contributed by atoms with Gasteiger partial charge in [0.1, 0.15) is 5.75 Å². The largest absolute Gasteiger partial charge is 0.475 e. The fourth-order valence-corrected chi connectivity index (χ4v) is 2.55. The lowest BCUT2D eigenvalue weighted by Gasteiger charge is -2.31. The topological polar surface area (TPSA) is 35.5 Å². The number of rotatable bonds is 3. The van der Waals surface area contributed by atoms with E-state index in [-0.39, 0.29) is 24.4 Å². The lowest BCUT2D eigenvalue weighted by Crippen LogP contribution is -2.41. The maximum atomic E-state index is 13.3. The van der Waals surface area contributed by atoms with Gasteiger partial charge in [0.2, 0.25) is 6.10 Å². The zero-order chi connectivity index (χ0) is 16.5. The Labute approximate surface area is 130 Å². The van der Waals surface area contributed by atoms with Crippen LogP contribution in [0.3, 0.4) is 0 Å². The summed E-state index contributed by atoms with van der Waals surface area (Å²) in [5, 5.41) is 0.349. The maximum absolute atomic E-state index is 13.3. The van der Waals surface area contributed by atoms with Crippen LogP contribution >= 0.6 is 11.6 Å². The zero-order valence-electron chi connectivity index (χ0n) is 12.0. The van der Waals surface area contributed by atoms with Crippen molar-refractivity contribution < 1.29 is 27.4 Å². The molecule has 22 heavy (non-hydrogen) atoms. The van der Waals surface area contributed by atoms with E-state index in [1.54, 1.807) is 6.92 Å². The second-order valence-electron chi connectivity index (χ2n) is 4.65. The van der Waals surface area contributed by atoms with E-state index in [0.29, 0.717) is 10.6 Å². The number of ether oxygens (including phenoxy) is 2. The highest BCUT2D eigenvalue weighted by Gasteiger charge is 2.50. The summed E-state index contributed by atoms with van der Waals surface area (Å²) in [6, 6.07) is 4.30. The van der Waals surface area contributed by atoms with Gasteiger partial charge in [0, 0.05) is 10.6 Å². The summed E-state index contributed by atoms with van der Waals surface area (Å²) in [5.41, 5.74) is 0.120. The molecule has 0 saturated carbocycles. The number of esters is 1. The molecule has 0 spiro atoms. The Morgan fingerprint density at radius 1 is 1.36 bits per heavy atom. The van der Waals surface area contributed by atoms with Crippen LogP contribution in [0.2, 0.25) is 5.02 Å². The molecule has 0 radical (unpaired) electrons. The third-order valence-corrected chi connectivity index (χ3v) is 3.48. The van der Waals surface area contributed by atoms with E-state index < -0.39 is 23.8 Å². The predicted octanol–water partition coefficient (Wildman–Crippen LogP) is 4.39. The Hall–Kier alpha value is -1.69. The van der Waals surface area contributed by atoms with Crippen molar-refractivity contribution >= 4 is 23.1 Å². The van der Waals surface area contributed by atoms with Gasteiger partial charge in [-0.05, 0) is 37.1 Å². The summed E-state index contributed by atoms with van der Waals surface area (Å²) in [6.07, 6.45) is -6.84. The highest BCUT2D eigenvalue weighted by Crippen LogP contribution is 2.43. The molecule has 1 aliphatic heterocycles. The molecule has 2 rings (SSSR count). The molecular formula is C15H14ClF3O3. The molecule has 1 atom stereocenters. The number of alkyl halides is 3. The van der Waals surface area contributed by atoms with Gasteiger partial charge < -0.3 is 9.47 Å². The number of hydrogen-bond acceptors (Lipinski definition) is 3. The third-order valence-electron chi connectivity index (χ3n) is 3.25. The lowest BCUT2D eigenvalue weighted by atomic mass is 9.90. The van der Waals surface area contributed by atoms with Crippen LogP contribution in [0.25, 0.3) is 5.57 Å². The summed E-state index contributed by atoms with van der Waals surface area (Å²) in [4.78, 5) is 12.0. The molecule has 1 unspecified atom stereocenters. The summed E-state index contributed by atoms with van der Waals surface area (Å²) in [7, 11) is 0. The van der Waals surface area contributed by atoms with Crippen molar-refractivity contribution in [3.63, 3.8) is 0 Å². The van der Waals surface area contributed by atoms with E-state index in [1.165, 1.54) is 25.1 Å². The first-order valence-corrected chi connectivity index (χ1v) is 7.10. The first kappa shape index (κ1) is 16.7. The van der Waals surface area contributed by atoms with Crippen LogP contribution in [-0.4, -0.2) is 24.9 Å². The predicted molar refractivity (Wildman–Crippen MR) is 75.8 cm³/mol.